The molecule has 0 fully saturated rings. The minimum atomic E-state index is 0.133. The highest BCUT2D eigenvalue weighted by molar-refractivity contribution is 5.99. The number of unbranched alkanes of at least 4 members (excludes halogenated alkanes) is 60. The van der Waals surface area contributed by atoms with Crippen molar-refractivity contribution in [3.8, 4) is 0 Å². The Morgan fingerprint density at radius 2 is 0.345 bits per heavy atom. The summed E-state index contributed by atoms with van der Waals surface area (Å²) in [7, 11) is 0. The molecular formula is C80H152N2O2. The minimum Gasteiger partial charge on any atom is -0.339 e. The summed E-state index contributed by atoms with van der Waals surface area (Å²) in [6.07, 6.45) is 87.1. The van der Waals surface area contributed by atoms with Gasteiger partial charge in [0.15, 0.2) is 0 Å². The van der Waals surface area contributed by atoms with E-state index in [0.29, 0.717) is 11.1 Å². The van der Waals surface area contributed by atoms with Gasteiger partial charge in [-0.1, -0.05) is 419 Å². The van der Waals surface area contributed by atoms with Gasteiger partial charge in [0, 0.05) is 37.3 Å². The summed E-state index contributed by atoms with van der Waals surface area (Å²) >= 11 is 0. The molecule has 0 radical (unpaired) electrons. The zero-order chi connectivity index (χ0) is 60.4. The number of rotatable bonds is 70. The fourth-order valence-electron chi connectivity index (χ4n) is 13.2. The highest BCUT2D eigenvalue weighted by Gasteiger charge is 2.20. The molecule has 0 saturated heterocycles. The second-order valence-electron chi connectivity index (χ2n) is 27.4. The topological polar surface area (TPSA) is 40.6 Å². The zero-order valence-corrected chi connectivity index (χ0v) is 58.1. The number of benzene rings is 1. The first kappa shape index (κ1) is 80.2. The first-order valence-electron chi connectivity index (χ1n) is 39.3. The van der Waals surface area contributed by atoms with Crippen LogP contribution in [0.1, 0.15) is 459 Å². The molecule has 0 aliphatic carbocycles. The summed E-state index contributed by atoms with van der Waals surface area (Å²) in [6.45, 7) is 12.6. The van der Waals surface area contributed by atoms with Crippen molar-refractivity contribution in [2.75, 3.05) is 26.2 Å². The highest BCUT2D eigenvalue weighted by Crippen LogP contribution is 2.21. The van der Waals surface area contributed by atoms with Crippen molar-refractivity contribution in [2.45, 2.75) is 439 Å². The van der Waals surface area contributed by atoms with Gasteiger partial charge in [-0.25, -0.2) is 0 Å². The molecule has 4 nitrogen and oxygen atoms in total. The lowest BCUT2D eigenvalue weighted by atomic mass is 10.0. The third-order valence-corrected chi connectivity index (χ3v) is 19.1. The van der Waals surface area contributed by atoms with E-state index in [1.807, 2.05) is 24.3 Å². The molecule has 0 unspecified atom stereocenters. The summed E-state index contributed by atoms with van der Waals surface area (Å²) in [5, 5.41) is 0. The van der Waals surface area contributed by atoms with E-state index in [9.17, 15) is 9.59 Å². The maximum atomic E-state index is 14.5. The van der Waals surface area contributed by atoms with Crippen LogP contribution >= 0.6 is 0 Å². The Hall–Kier alpha value is -1.84. The van der Waals surface area contributed by atoms with Crippen LogP contribution < -0.4 is 0 Å². The molecule has 1 rings (SSSR count). The van der Waals surface area contributed by atoms with E-state index in [0.717, 1.165) is 51.9 Å². The van der Waals surface area contributed by atoms with Gasteiger partial charge in [0.2, 0.25) is 0 Å². The van der Waals surface area contributed by atoms with Crippen molar-refractivity contribution < 1.29 is 9.59 Å². The summed E-state index contributed by atoms with van der Waals surface area (Å²) in [5.41, 5.74) is 1.41. The molecule has 2 amide bonds. The van der Waals surface area contributed by atoms with Crippen molar-refractivity contribution in [2.24, 2.45) is 0 Å². The van der Waals surface area contributed by atoms with Crippen LogP contribution in [0, 0.1) is 0 Å². The average Bonchev–Trinajstić information content (AvgIpc) is 3.63. The molecule has 0 aliphatic rings. The molecule has 0 saturated carbocycles. The molecular weight excluding hydrogens is 1020 g/mol. The van der Waals surface area contributed by atoms with E-state index in [1.54, 1.807) is 0 Å². The Balaban J connectivity index is 2.77. The number of hydrogen-bond acceptors (Lipinski definition) is 2. The smallest absolute Gasteiger partial charge is 0.253 e. The molecule has 0 atom stereocenters. The molecule has 1 aromatic carbocycles. The van der Waals surface area contributed by atoms with Gasteiger partial charge in [-0.2, -0.15) is 0 Å². The zero-order valence-electron chi connectivity index (χ0n) is 58.1. The Kier molecular flexibility index (Phi) is 64.0. The van der Waals surface area contributed by atoms with Gasteiger partial charge in [0.25, 0.3) is 11.8 Å². The Morgan fingerprint density at radius 1 is 0.214 bits per heavy atom. The van der Waals surface area contributed by atoms with Crippen LogP contribution in [0.2, 0.25) is 0 Å². The normalized spacial score (nSPS) is 11.6. The predicted molar refractivity (Wildman–Crippen MR) is 376 cm³/mol. The molecule has 0 heterocycles. The predicted octanol–water partition coefficient (Wildman–Crippen LogP) is 27.6. The summed E-state index contributed by atoms with van der Waals surface area (Å²) < 4.78 is 0. The molecule has 0 aromatic heterocycles. The van der Waals surface area contributed by atoms with Crippen LogP contribution in [-0.2, 0) is 0 Å². The first-order valence-corrected chi connectivity index (χ1v) is 39.3. The average molecular weight is 1170 g/mol. The number of amides is 2. The van der Waals surface area contributed by atoms with Crippen molar-refractivity contribution >= 4 is 11.8 Å². The molecule has 4 heteroatoms. The molecule has 0 aliphatic heterocycles. The van der Waals surface area contributed by atoms with Crippen molar-refractivity contribution in [1.82, 2.24) is 9.80 Å². The number of carbonyl (C=O) groups is 2. The molecule has 0 bridgehead atoms. The van der Waals surface area contributed by atoms with Crippen LogP contribution in [0.25, 0.3) is 0 Å². The molecule has 0 spiro atoms. The summed E-state index contributed by atoms with van der Waals surface area (Å²) in [5.74, 6) is 0.266. The Morgan fingerprint density at radius 3 is 0.488 bits per heavy atom. The lowest BCUT2D eigenvalue weighted by molar-refractivity contribution is 0.0747. The first-order chi connectivity index (χ1) is 41.6. The lowest BCUT2D eigenvalue weighted by Gasteiger charge is -2.25. The molecule has 84 heavy (non-hydrogen) atoms. The number of nitrogens with zero attached hydrogens (tertiary/aromatic N) is 2. The Labute approximate surface area is 528 Å². The van der Waals surface area contributed by atoms with E-state index < -0.39 is 0 Å². The largest absolute Gasteiger partial charge is 0.339 e. The van der Waals surface area contributed by atoms with E-state index >= 15 is 0 Å². The second-order valence-corrected chi connectivity index (χ2v) is 27.4. The van der Waals surface area contributed by atoms with Gasteiger partial charge < -0.3 is 9.80 Å². The van der Waals surface area contributed by atoms with Crippen LogP contribution in [0.3, 0.4) is 0 Å². The van der Waals surface area contributed by atoms with Gasteiger partial charge in [0.1, 0.15) is 0 Å². The van der Waals surface area contributed by atoms with Crippen molar-refractivity contribution in [1.29, 1.82) is 0 Å². The standard InChI is InChI=1S/C80H152N2O2/c1-5-9-13-17-21-25-29-33-37-41-45-49-53-57-61-65-72-81(73-66-62-58-54-50-46-42-38-34-30-26-22-18-14-10-6-2)79(83)77-70-69-71-78(76-77)80(84)82(74-67-63-59-55-51-47-43-39-35-31-27-23-19-15-11-7-3)75-68-64-60-56-52-48-44-40-36-32-28-24-20-16-12-8-4/h69-71,76H,5-68,72-75H2,1-4H3. The van der Waals surface area contributed by atoms with Crippen molar-refractivity contribution in [3.05, 3.63) is 35.4 Å². The maximum Gasteiger partial charge on any atom is 0.253 e. The summed E-state index contributed by atoms with van der Waals surface area (Å²) in [4.78, 5) is 33.4. The lowest BCUT2D eigenvalue weighted by Crippen LogP contribution is -2.34. The van der Waals surface area contributed by atoms with Gasteiger partial charge in [-0.15, -0.1) is 0 Å². The fraction of sp³-hybridized carbons (Fsp3) is 0.900. The SMILES string of the molecule is CCCCCCCCCCCCCCCCCCN(CCCCCCCCCCCCCCCCCC)C(=O)c1cccc(C(=O)N(CCCCCCCCCCCCCCCCCC)CCCCCCCCCCCCCCCCCC)c1. The summed E-state index contributed by atoms with van der Waals surface area (Å²) in [6, 6.07) is 7.93. The quantitative estimate of drug-likeness (QED) is 0.0610. The van der Waals surface area contributed by atoms with Crippen LogP contribution in [-0.4, -0.2) is 47.8 Å². The second kappa shape index (κ2) is 67.1. The van der Waals surface area contributed by atoms with Crippen LogP contribution in [0.15, 0.2) is 24.3 Å². The number of carbonyl (C=O) groups excluding carboxylic acids is 2. The van der Waals surface area contributed by atoms with E-state index in [-0.39, 0.29) is 11.8 Å². The van der Waals surface area contributed by atoms with Crippen LogP contribution in [0.4, 0.5) is 0 Å². The third kappa shape index (κ3) is 54.3. The highest BCUT2D eigenvalue weighted by atomic mass is 16.2. The van der Waals surface area contributed by atoms with Gasteiger partial charge >= 0.3 is 0 Å². The minimum absolute atomic E-state index is 0.133. The van der Waals surface area contributed by atoms with Gasteiger partial charge in [0.05, 0.1) is 0 Å². The van der Waals surface area contributed by atoms with Gasteiger partial charge in [-0.3, -0.25) is 9.59 Å². The van der Waals surface area contributed by atoms with Crippen LogP contribution in [0.5, 0.6) is 0 Å². The molecule has 494 valence electrons. The van der Waals surface area contributed by atoms with E-state index in [1.165, 1.54) is 385 Å². The van der Waals surface area contributed by atoms with E-state index in [2.05, 4.69) is 37.5 Å². The fourth-order valence-corrected chi connectivity index (χ4v) is 13.2. The molecule has 0 N–H and O–H groups in total. The number of hydrogen-bond donors (Lipinski definition) is 0. The monoisotopic (exact) mass is 1170 g/mol. The van der Waals surface area contributed by atoms with E-state index in [4.69, 9.17) is 0 Å². The maximum absolute atomic E-state index is 14.5. The Bertz CT molecular complexity index is 1280. The third-order valence-electron chi connectivity index (χ3n) is 19.1. The van der Waals surface area contributed by atoms with Gasteiger partial charge in [-0.05, 0) is 43.9 Å². The van der Waals surface area contributed by atoms with Crippen molar-refractivity contribution in [3.63, 3.8) is 0 Å². The molecule has 1 aromatic rings.